The summed E-state index contributed by atoms with van der Waals surface area (Å²) in [6, 6.07) is 1.38. The zero-order valence-electron chi connectivity index (χ0n) is 14.7. The second kappa shape index (κ2) is 6.72. The van der Waals surface area contributed by atoms with Gasteiger partial charge in [0.15, 0.2) is 0 Å². The maximum atomic E-state index is 12.8. The van der Waals surface area contributed by atoms with Gasteiger partial charge >= 0.3 is 5.97 Å². The zero-order valence-corrected chi connectivity index (χ0v) is 14.7. The monoisotopic (exact) mass is 321 g/mol. The van der Waals surface area contributed by atoms with Gasteiger partial charge in [-0.15, -0.1) is 0 Å². The van der Waals surface area contributed by atoms with Crippen molar-refractivity contribution in [3.63, 3.8) is 0 Å². The first kappa shape index (κ1) is 17.5. The molecule has 6 heteroatoms. The van der Waals surface area contributed by atoms with Gasteiger partial charge in [-0.05, 0) is 53.0 Å². The Bertz CT molecular complexity index is 574. The summed E-state index contributed by atoms with van der Waals surface area (Å²) in [5, 5.41) is 4.09. The Morgan fingerprint density at radius 1 is 1.35 bits per heavy atom. The van der Waals surface area contributed by atoms with Crippen molar-refractivity contribution in [3.05, 3.63) is 18.0 Å². The summed E-state index contributed by atoms with van der Waals surface area (Å²) in [4.78, 5) is 27.0. The summed E-state index contributed by atoms with van der Waals surface area (Å²) < 4.78 is 7.20. The molecular formula is C17H27N3O3. The molecule has 0 bridgehead atoms. The Hall–Kier alpha value is -1.85. The molecule has 0 saturated carbocycles. The molecule has 2 rings (SSSR count). The van der Waals surface area contributed by atoms with E-state index in [4.69, 9.17) is 4.74 Å². The molecule has 0 N–H and O–H groups in total. The van der Waals surface area contributed by atoms with Gasteiger partial charge in [0.2, 0.25) is 5.91 Å². The number of likely N-dealkylation sites (tertiary alicyclic amines) is 1. The van der Waals surface area contributed by atoms with Crippen molar-refractivity contribution in [2.24, 2.45) is 7.05 Å². The van der Waals surface area contributed by atoms with Crippen LogP contribution in [0.5, 0.6) is 0 Å². The van der Waals surface area contributed by atoms with E-state index in [0.717, 1.165) is 18.5 Å². The number of amides is 1. The van der Waals surface area contributed by atoms with Crippen molar-refractivity contribution >= 4 is 11.9 Å². The average molecular weight is 321 g/mol. The fourth-order valence-corrected chi connectivity index (χ4v) is 3.03. The molecule has 1 aliphatic heterocycles. The van der Waals surface area contributed by atoms with Crippen molar-refractivity contribution in [2.75, 3.05) is 0 Å². The van der Waals surface area contributed by atoms with E-state index in [1.807, 2.05) is 40.8 Å². The van der Waals surface area contributed by atoms with E-state index in [9.17, 15) is 9.59 Å². The lowest BCUT2D eigenvalue weighted by Crippen LogP contribution is -2.54. The number of rotatable bonds is 3. The molecule has 0 unspecified atom stereocenters. The maximum Gasteiger partial charge on any atom is 0.329 e. The first-order chi connectivity index (χ1) is 10.7. The lowest BCUT2D eigenvalue weighted by molar-refractivity contribution is -0.168. The molecule has 6 nitrogen and oxygen atoms in total. The number of aryl methyl sites for hydroxylation is 1. The van der Waals surface area contributed by atoms with Crippen LogP contribution in [0.4, 0.5) is 0 Å². The lowest BCUT2D eigenvalue weighted by Gasteiger charge is -2.40. The van der Waals surface area contributed by atoms with Crippen LogP contribution < -0.4 is 0 Å². The van der Waals surface area contributed by atoms with Gasteiger partial charge in [0.05, 0.1) is 6.42 Å². The molecule has 0 spiro atoms. The van der Waals surface area contributed by atoms with Crippen molar-refractivity contribution in [3.8, 4) is 0 Å². The van der Waals surface area contributed by atoms with E-state index >= 15 is 0 Å². The minimum Gasteiger partial charge on any atom is -0.458 e. The summed E-state index contributed by atoms with van der Waals surface area (Å²) in [6.45, 7) is 7.54. The van der Waals surface area contributed by atoms with Crippen LogP contribution in [0.2, 0.25) is 0 Å². The Morgan fingerprint density at radius 3 is 2.61 bits per heavy atom. The van der Waals surface area contributed by atoms with Gasteiger partial charge in [0.1, 0.15) is 11.6 Å². The number of piperidine rings is 1. The molecule has 1 aromatic heterocycles. The van der Waals surface area contributed by atoms with Gasteiger partial charge in [0, 0.05) is 25.0 Å². The minimum atomic E-state index is -0.547. The van der Waals surface area contributed by atoms with Crippen LogP contribution >= 0.6 is 0 Å². The summed E-state index contributed by atoms with van der Waals surface area (Å²) in [5.74, 6) is -0.348. The van der Waals surface area contributed by atoms with E-state index < -0.39 is 11.6 Å². The van der Waals surface area contributed by atoms with Crippen LogP contribution in [-0.4, -0.2) is 44.2 Å². The molecule has 1 amide bonds. The van der Waals surface area contributed by atoms with Gasteiger partial charge in [-0.2, -0.15) is 5.10 Å². The molecule has 1 fully saturated rings. The van der Waals surface area contributed by atoms with Crippen LogP contribution in [-0.2, 0) is 27.8 Å². The van der Waals surface area contributed by atoms with Gasteiger partial charge in [-0.1, -0.05) is 0 Å². The highest BCUT2D eigenvalue weighted by Gasteiger charge is 2.38. The third kappa shape index (κ3) is 4.33. The number of aromatic nitrogens is 2. The summed E-state index contributed by atoms with van der Waals surface area (Å²) >= 11 is 0. The smallest absolute Gasteiger partial charge is 0.329 e. The van der Waals surface area contributed by atoms with Crippen LogP contribution in [0.1, 0.15) is 52.7 Å². The van der Waals surface area contributed by atoms with Gasteiger partial charge in [0.25, 0.3) is 0 Å². The summed E-state index contributed by atoms with van der Waals surface area (Å²) in [5.41, 5.74) is 0.296. The number of ether oxygens (including phenoxy) is 1. The number of esters is 1. The SMILES string of the molecule is C[C@@H]1CCC[C@H](C(=O)OC(C)(C)C)N1C(=O)Cc1ccnn1C. The summed E-state index contributed by atoms with van der Waals surface area (Å²) in [7, 11) is 1.81. The molecule has 1 aliphatic rings. The Kier molecular flexibility index (Phi) is 5.12. The van der Waals surface area contributed by atoms with E-state index in [1.165, 1.54) is 0 Å². The Balaban J connectivity index is 2.15. The van der Waals surface area contributed by atoms with Crippen molar-refractivity contribution in [1.82, 2.24) is 14.7 Å². The van der Waals surface area contributed by atoms with E-state index in [-0.39, 0.29) is 24.3 Å². The van der Waals surface area contributed by atoms with Crippen molar-refractivity contribution < 1.29 is 14.3 Å². The first-order valence-corrected chi connectivity index (χ1v) is 8.20. The van der Waals surface area contributed by atoms with Crippen molar-refractivity contribution in [1.29, 1.82) is 0 Å². The highest BCUT2D eigenvalue weighted by Crippen LogP contribution is 2.26. The standard InChI is InChI=1S/C17H27N3O3/c1-12-7-6-8-14(16(22)23-17(2,3)4)20(12)15(21)11-13-9-10-18-19(13)5/h9-10,12,14H,6-8,11H2,1-5H3/t12-,14-/m1/s1. The Morgan fingerprint density at radius 2 is 2.04 bits per heavy atom. The number of carbonyl (C=O) groups excluding carboxylic acids is 2. The average Bonchev–Trinajstić information content (AvgIpc) is 2.81. The fraction of sp³-hybridized carbons (Fsp3) is 0.706. The number of carbonyl (C=O) groups is 2. The Labute approximate surface area is 137 Å². The molecule has 1 aromatic rings. The molecule has 23 heavy (non-hydrogen) atoms. The molecule has 2 heterocycles. The predicted octanol–water partition coefficient (Wildman–Crippen LogP) is 2.07. The molecule has 0 radical (unpaired) electrons. The quantitative estimate of drug-likeness (QED) is 0.800. The third-order valence-corrected chi connectivity index (χ3v) is 4.13. The second-order valence-corrected chi connectivity index (χ2v) is 7.25. The molecule has 0 aliphatic carbocycles. The first-order valence-electron chi connectivity index (χ1n) is 8.20. The van der Waals surface area contributed by atoms with Crippen LogP contribution in [0.15, 0.2) is 12.3 Å². The topological polar surface area (TPSA) is 64.4 Å². The van der Waals surface area contributed by atoms with Crippen LogP contribution in [0, 0.1) is 0 Å². The number of nitrogens with zero attached hydrogens (tertiary/aromatic N) is 3. The van der Waals surface area contributed by atoms with Crippen molar-refractivity contribution in [2.45, 2.75) is 71.1 Å². The van der Waals surface area contributed by atoms with Gasteiger partial charge in [-0.3, -0.25) is 9.48 Å². The number of hydrogen-bond donors (Lipinski definition) is 0. The van der Waals surface area contributed by atoms with Crippen LogP contribution in [0.25, 0.3) is 0 Å². The third-order valence-electron chi connectivity index (χ3n) is 4.13. The van der Waals surface area contributed by atoms with Gasteiger partial charge < -0.3 is 9.64 Å². The summed E-state index contributed by atoms with van der Waals surface area (Å²) in [6.07, 6.45) is 4.43. The molecule has 1 saturated heterocycles. The highest BCUT2D eigenvalue weighted by molar-refractivity contribution is 5.86. The predicted molar refractivity (Wildman–Crippen MR) is 86.7 cm³/mol. The lowest BCUT2D eigenvalue weighted by atomic mass is 9.95. The largest absolute Gasteiger partial charge is 0.458 e. The van der Waals surface area contributed by atoms with Crippen LogP contribution in [0.3, 0.4) is 0 Å². The molecule has 0 aromatic carbocycles. The molecular weight excluding hydrogens is 294 g/mol. The van der Waals surface area contributed by atoms with E-state index in [0.29, 0.717) is 6.42 Å². The van der Waals surface area contributed by atoms with E-state index in [1.54, 1.807) is 15.8 Å². The number of hydrogen-bond acceptors (Lipinski definition) is 4. The normalized spacial score (nSPS) is 22.0. The molecule has 128 valence electrons. The van der Waals surface area contributed by atoms with E-state index in [2.05, 4.69) is 5.10 Å². The maximum absolute atomic E-state index is 12.8. The molecule has 2 atom stereocenters. The minimum absolute atomic E-state index is 0.0435. The zero-order chi connectivity index (χ0) is 17.2. The van der Waals surface area contributed by atoms with Gasteiger partial charge in [-0.25, -0.2) is 4.79 Å². The second-order valence-electron chi connectivity index (χ2n) is 7.25. The highest BCUT2D eigenvalue weighted by atomic mass is 16.6. The fourth-order valence-electron chi connectivity index (χ4n) is 3.03.